The van der Waals surface area contributed by atoms with E-state index < -0.39 is 99.3 Å². The molecule has 0 aromatic carbocycles. The maximum Gasteiger partial charge on any atom is 0.470 e. The Kier molecular flexibility index (Phi) is 19.1. The second-order valence-electron chi connectivity index (χ2n) is 9.14. The average Bonchev–Trinajstić information content (AvgIpc) is 2.98. The quantitative estimate of drug-likeness (QED) is 0.0316. The van der Waals surface area contributed by atoms with Gasteiger partial charge in [0.25, 0.3) is 0 Å². The monoisotopic (exact) mass is 702 g/mol. The Bertz CT molecular complexity index is 1200. The van der Waals surface area contributed by atoms with Crippen LogP contribution in [-0.4, -0.2) is 147 Å². The van der Waals surface area contributed by atoms with Crippen molar-refractivity contribution in [1.82, 2.24) is 0 Å². The molecule has 0 saturated heterocycles. The van der Waals surface area contributed by atoms with Crippen molar-refractivity contribution in [2.75, 3.05) is 39.6 Å². The minimum atomic E-state index is -5.88. The second-order valence-corrected chi connectivity index (χ2v) is 10.3. The molecule has 0 saturated carbocycles. The van der Waals surface area contributed by atoms with Crippen LogP contribution in [0.5, 0.6) is 0 Å². The van der Waals surface area contributed by atoms with Crippen molar-refractivity contribution in [3.05, 3.63) is 60.9 Å². The summed E-state index contributed by atoms with van der Waals surface area (Å²) in [5.74, 6) is -8.92. The van der Waals surface area contributed by atoms with Crippen molar-refractivity contribution in [3.8, 4) is 0 Å². The minimum Gasteiger partial charge on any atom is -0.485 e. The number of aliphatic hydroxyl groups excluding tert-OH is 6. The highest BCUT2D eigenvalue weighted by Crippen LogP contribution is 2.55. The van der Waals surface area contributed by atoms with E-state index in [-0.39, 0.29) is 42.5 Å². The van der Waals surface area contributed by atoms with E-state index in [1.54, 1.807) is 0 Å². The van der Waals surface area contributed by atoms with E-state index in [0.29, 0.717) is 18.4 Å². The van der Waals surface area contributed by atoms with Crippen molar-refractivity contribution in [2.24, 2.45) is 10.8 Å². The largest absolute Gasteiger partial charge is 0.485 e. The molecule has 0 radical (unpaired) electrons. The molecular weight excluding hydrogens is 667 g/mol. The maximum atomic E-state index is 12.0. The molecule has 0 atom stereocenters. The number of rotatable bonds is 21. The molecule has 13 N–H and O–H groups in total. The Hall–Kier alpha value is -4.28. The van der Waals surface area contributed by atoms with Crippen LogP contribution in [0.1, 0.15) is 0 Å². The van der Waals surface area contributed by atoms with Gasteiger partial charge in [-0.15, -0.1) is 0 Å². The van der Waals surface area contributed by atoms with Gasteiger partial charge in [-0.25, -0.2) is 28.5 Å². The smallest absolute Gasteiger partial charge is 0.470 e. The molecule has 22 heteroatoms. The lowest BCUT2D eigenvalue weighted by Crippen LogP contribution is -2.65. The zero-order valence-electron chi connectivity index (χ0n) is 24.0. The third kappa shape index (κ3) is 13.9. The van der Waals surface area contributed by atoms with Crippen molar-refractivity contribution in [1.29, 1.82) is 0 Å². The summed E-state index contributed by atoms with van der Waals surface area (Å²) in [6.07, 6.45) is 2.60. The predicted molar refractivity (Wildman–Crippen MR) is 151 cm³/mol. The van der Waals surface area contributed by atoms with Crippen LogP contribution in [0, 0.1) is 10.8 Å². The number of hydrogen-bond acceptors (Lipinski definition) is 14. The number of phosphoric ester groups is 1. The highest BCUT2D eigenvalue weighted by atomic mass is 31.2. The first kappa shape index (κ1) is 44.8. The van der Waals surface area contributed by atoms with Crippen LogP contribution in [0.4, 0.5) is 0 Å². The first-order valence-electron chi connectivity index (χ1n) is 12.3. The van der Waals surface area contributed by atoms with Gasteiger partial charge in [-0.2, -0.15) is 0 Å². The van der Waals surface area contributed by atoms with Gasteiger partial charge in [-0.3, -0.25) is 4.52 Å². The lowest BCUT2D eigenvalue weighted by atomic mass is 9.60. The fourth-order valence-corrected chi connectivity index (χ4v) is 4.11. The molecule has 21 nitrogen and oxygen atoms in total. The molecule has 0 bridgehead atoms. The summed E-state index contributed by atoms with van der Waals surface area (Å²) in [6, 6.07) is 0. The zero-order chi connectivity index (χ0) is 37.1. The molecule has 0 unspecified atom stereocenters. The summed E-state index contributed by atoms with van der Waals surface area (Å²) in [5.41, 5.74) is -10.4. The van der Waals surface area contributed by atoms with Gasteiger partial charge in [0, 0.05) is 24.3 Å². The minimum absolute atomic E-state index is 0.140. The number of carboxylic acid groups (broad SMARTS) is 5. The summed E-state index contributed by atoms with van der Waals surface area (Å²) in [4.78, 5) is 75.4. The van der Waals surface area contributed by atoms with Crippen LogP contribution >= 0.6 is 7.82 Å². The number of phosphoric acid groups is 1. The molecule has 0 aromatic heterocycles. The molecule has 0 aliphatic carbocycles. The fraction of sp³-hybridized carbons (Fsp3) is 0.400. The van der Waals surface area contributed by atoms with Crippen molar-refractivity contribution in [3.63, 3.8) is 0 Å². The van der Waals surface area contributed by atoms with E-state index in [9.17, 15) is 48.5 Å². The van der Waals surface area contributed by atoms with Gasteiger partial charge >= 0.3 is 37.7 Å². The number of aliphatic hydroxyl groups is 6. The van der Waals surface area contributed by atoms with Gasteiger partial charge in [-0.1, -0.05) is 0 Å². The Labute approximate surface area is 264 Å². The standard InChI is InChI=1S/C20H23O17P.C5H12O4/c21-11-18(12-22,20(8-3-15(27)28,9-4-16(29)30)37-38(33,34)35)19(6-1-13(23)24,7-2-14(25)26)36-10-5-17(31)32;6-1-5(2-7,3-8)4-9/h1-10,21-22H,11-12H2,(H,23,24)(H,25,26)(H,27,28)(H,29,30)(H,31,32)(H2,33,34,35);6-9H,1-4H2. The van der Waals surface area contributed by atoms with Crippen molar-refractivity contribution >= 4 is 37.7 Å². The number of hydrogen-bond donors (Lipinski definition) is 13. The maximum absolute atomic E-state index is 12.0. The summed E-state index contributed by atoms with van der Waals surface area (Å²) in [5, 5.41) is 100. The molecule has 0 aromatic rings. The third-order valence-corrected chi connectivity index (χ3v) is 6.56. The van der Waals surface area contributed by atoms with Gasteiger partial charge in [0.2, 0.25) is 0 Å². The highest BCUT2D eigenvalue weighted by molar-refractivity contribution is 7.46. The second kappa shape index (κ2) is 20.1. The Balaban J connectivity index is 0. The Morgan fingerprint density at radius 3 is 1.02 bits per heavy atom. The molecule has 0 fully saturated rings. The molecular formula is C25H35O21P. The van der Waals surface area contributed by atoms with Gasteiger partial charge in [0.15, 0.2) is 5.60 Å². The van der Waals surface area contributed by atoms with Gasteiger partial charge in [-0.05, 0) is 24.3 Å². The van der Waals surface area contributed by atoms with E-state index in [2.05, 4.69) is 4.52 Å². The summed E-state index contributed by atoms with van der Waals surface area (Å²) < 4.78 is 21.9. The highest BCUT2D eigenvalue weighted by Gasteiger charge is 2.64. The van der Waals surface area contributed by atoms with Crippen LogP contribution in [0.25, 0.3) is 0 Å². The molecule has 0 aliphatic rings. The van der Waals surface area contributed by atoms with Crippen molar-refractivity contribution < 1.29 is 104 Å². The number of carboxylic acids is 5. The van der Waals surface area contributed by atoms with Gasteiger partial charge in [0.05, 0.1) is 57.4 Å². The molecule has 0 rings (SSSR count). The van der Waals surface area contributed by atoms with Gasteiger partial charge < -0.3 is 70.7 Å². The first-order chi connectivity index (χ1) is 21.7. The van der Waals surface area contributed by atoms with Crippen LogP contribution < -0.4 is 0 Å². The summed E-state index contributed by atoms with van der Waals surface area (Å²) in [6.45, 7) is -4.92. The SMILES string of the molecule is O=C(O)C=COC(C=CC(=O)O)(C=CC(=O)O)C(CO)(CO)C(C=CC(=O)O)(C=CC(=O)O)OP(=O)(O)O.OCC(CO)(CO)CO. The molecule has 0 spiro atoms. The molecule has 0 heterocycles. The number of carbonyl (C=O) groups is 5. The topological polar surface area (TPSA) is 384 Å². The van der Waals surface area contributed by atoms with E-state index in [1.165, 1.54) is 0 Å². The van der Waals surface area contributed by atoms with Crippen LogP contribution in [-0.2, 0) is 37.8 Å². The van der Waals surface area contributed by atoms with Crippen LogP contribution in [0.15, 0.2) is 60.9 Å². The summed E-state index contributed by atoms with van der Waals surface area (Å²) in [7, 11) is -5.88. The number of aliphatic carboxylic acids is 5. The van der Waals surface area contributed by atoms with Gasteiger partial charge in [0.1, 0.15) is 11.0 Å². The lowest BCUT2D eigenvalue weighted by molar-refractivity contribution is -0.158. The summed E-state index contributed by atoms with van der Waals surface area (Å²) >= 11 is 0. The zero-order valence-corrected chi connectivity index (χ0v) is 24.9. The first-order valence-corrected chi connectivity index (χ1v) is 13.9. The van der Waals surface area contributed by atoms with E-state index in [4.69, 9.17) is 50.7 Å². The molecule has 0 aliphatic heterocycles. The fourth-order valence-electron chi connectivity index (χ4n) is 3.42. The molecule has 266 valence electrons. The van der Waals surface area contributed by atoms with E-state index >= 15 is 0 Å². The lowest BCUT2D eigenvalue weighted by Gasteiger charge is -2.53. The van der Waals surface area contributed by atoms with Crippen LogP contribution in [0.3, 0.4) is 0 Å². The Morgan fingerprint density at radius 1 is 0.511 bits per heavy atom. The van der Waals surface area contributed by atoms with Crippen molar-refractivity contribution in [2.45, 2.75) is 11.2 Å². The predicted octanol–water partition coefficient (Wildman–Crippen LogP) is -3.34. The average molecular weight is 703 g/mol. The Morgan fingerprint density at radius 2 is 0.809 bits per heavy atom. The van der Waals surface area contributed by atoms with E-state index in [1.807, 2.05) is 0 Å². The molecule has 0 amide bonds. The molecule has 47 heavy (non-hydrogen) atoms. The third-order valence-electron chi connectivity index (χ3n) is 6.02. The number of ether oxygens (including phenoxy) is 1. The van der Waals surface area contributed by atoms with Crippen LogP contribution in [0.2, 0.25) is 0 Å². The normalized spacial score (nSPS) is 15.4. The van der Waals surface area contributed by atoms with E-state index in [0.717, 1.165) is 0 Å².